The summed E-state index contributed by atoms with van der Waals surface area (Å²) in [5, 5.41) is 37.8. The summed E-state index contributed by atoms with van der Waals surface area (Å²) in [6.07, 6.45) is -0.0165. The van der Waals surface area contributed by atoms with Crippen LogP contribution in [0.4, 0.5) is 0 Å². The van der Waals surface area contributed by atoms with Gasteiger partial charge in [0.2, 0.25) is 47.3 Å². The van der Waals surface area contributed by atoms with Gasteiger partial charge in [-0.3, -0.25) is 38.4 Å². The second-order valence-electron chi connectivity index (χ2n) is 16.2. The van der Waals surface area contributed by atoms with Gasteiger partial charge in [0.25, 0.3) is 0 Å². The van der Waals surface area contributed by atoms with E-state index in [1.54, 1.807) is 36.5 Å². The molecule has 9 N–H and O–H groups in total. The molecular weight excluding hydrogens is 803 g/mol. The lowest BCUT2D eigenvalue weighted by Gasteiger charge is -2.33. The molecule has 3 aliphatic rings. The number of fused-ring (bicyclic) bond motifs is 3. The maximum atomic E-state index is 14.5. The largest absolute Gasteiger partial charge is 0.391 e. The molecule has 0 spiro atoms. The predicted molar refractivity (Wildman–Crippen MR) is 223 cm³/mol. The molecule has 1 aromatic heterocycles. The van der Waals surface area contributed by atoms with Crippen LogP contribution in [0.5, 0.6) is 0 Å². The Kier molecular flexibility index (Phi) is 14.6. The Labute approximate surface area is 358 Å². The normalized spacial score (nSPS) is 27.5. The van der Waals surface area contributed by atoms with Crippen LogP contribution in [0.1, 0.15) is 57.6 Å². The highest BCUT2D eigenvalue weighted by molar-refractivity contribution is 5.99. The Morgan fingerprint density at radius 3 is 1.89 bits per heavy atom. The van der Waals surface area contributed by atoms with E-state index >= 15 is 0 Å². The van der Waals surface area contributed by atoms with E-state index in [9.17, 15) is 48.6 Å². The molecule has 3 aliphatic heterocycles. The van der Waals surface area contributed by atoms with E-state index in [-0.39, 0.29) is 38.8 Å². The van der Waals surface area contributed by atoms with E-state index in [1.165, 1.54) is 30.6 Å². The Hall–Kier alpha value is -6.34. The third kappa shape index (κ3) is 10.6. The number of aliphatic hydroxyl groups excluding tert-OH is 2. The van der Waals surface area contributed by atoms with Crippen molar-refractivity contribution >= 4 is 58.2 Å². The molecule has 2 aromatic carbocycles. The minimum atomic E-state index is -1.68. The van der Waals surface area contributed by atoms with Crippen LogP contribution in [-0.4, -0.2) is 146 Å². The Morgan fingerprint density at radius 1 is 0.629 bits per heavy atom. The van der Waals surface area contributed by atoms with Crippen LogP contribution in [0.15, 0.2) is 60.8 Å². The number of hydrogen-bond acceptors (Lipinski definition) is 10. The topological polar surface area (TPSA) is 271 Å². The van der Waals surface area contributed by atoms with Gasteiger partial charge < -0.3 is 56.9 Å². The van der Waals surface area contributed by atoms with Crippen LogP contribution in [0.25, 0.3) is 10.9 Å². The zero-order chi connectivity index (χ0) is 44.7. The first-order valence-corrected chi connectivity index (χ1v) is 21.0. The SMILES string of the molecule is CC1NC(=O)C2CCCN2C(=O)C(Cc2c[nH]c3ccccc23)NC(=O)C2CCCN2C(=O)C(C(C)O)NC(=O)C(C(C)O)NC(=O)C(Cc2ccccc2)NC(=O)CNC1=O. The van der Waals surface area contributed by atoms with Gasteiger partial charge in [-0.05, 0) is 63.6 Å². The van der Waals surface area contributed by atoms with E-state index in [2.05, 4.69) is 36.9 Å². The number of hydrogen-bond donors (Lipinski definition) is 9. The maximum Gasteiger partial charge on any atom is 0.248 e. The summed E-state index contributed by atoms with van der Waals surface area (Å²) < 4.78 is 0. The fourth-order valence-corrected chi connectivity index (χ4v) is 8.26. The first-order valence-electron chi connectivity index (χ1n) is 21.0. The minimum Gasteiger partial charge on any atom is -0.391 e. The van der Waals surface area contributed by atoms with Gasteiger partial charge >= 0.3 is 0 Å². The maximum absolute atomic E-state index is 14.5. The van der Waals surface area contributed by atoms with Gasteiger partial charge in [0.15, 0.2) is 0 Å². The number of aliphatic hydroxyl groups is 2. The lowest BCUT2D eigenvalue weighted by atomic mass is 10.0. The number of nitrogens with one attached hydrogen (secondary N) is 7. The molecule has 19 nitrogen and oxygen atoms in total. The van der Waals surface area contributed by atoms with Crippen molar-refractivity contribution in [1.29, 1.82) is 0 Å². The van der Waals surface area contributed by atoms with Gasteiger partial charge in [-0.1, -0.05) is 48.5 Å². The predicted octanol–water partition coefficient (Wildman–Crippen LogP) is -1.73. The molecule has 0 bridgehead atoms. The molecule has 62 heavy (non-hydrogen) atoms. The van der Waals surface area contributed by atoms with Gasteiger partial charge in [0.05, 0.1) is 18.8 Å². The molecular formula is C43H55N9O10. The fraction of sp³-hybridized carbons (Fsp3) is 0.488. The Morgan fingerprint density at radius 2 is 1.23 bits per heavy atom. The molecule has 0 aliphatic carbocycles. The van der Waals surface area contributed by atoms with E-state index in [4.69, 9.17) is 0 Å². The van der Waals surface area contributed by atoms with Crippen LogP contribution in [0.2, 0.25) is 0 Å². The van der Waals surface area contributed by atoms with Gasteiger partial charge in [0, 0.05) is 43.0 Å². The van der Waals surface area contributed by atoms with Crippen molar-refractivity contribution in [1.82, 2.24) is 46.7 Å². The van der Waals surface area contributed by atoms with Crippen molar-refractivity contribution < 1.29 is 48.6 Å². The van der Waals surface area contributed by atoms with Crippen molar-refractivity contribution in [3.05, 3.63) is 71.9 Å². The number of amides is 8. The van der Waals surface area contributed by atoms with Gasteiger partial charge in [0.1, 0.15) is 42.3 Å². The van der Waals surface area contributed by atoms with Crippen LogP contribution < -0.4 is 31.9 Å². The third-order valence-corrected chi connectivity index (χ3v) is 11.6. The molecule has 0 radical (unpaired) electrons. The Bertz CT molecular complexity index is 2160. The summed E-state index contributed by atoms with van der Waals surface area (Å²) >= 11 is 0. The average molecular weight is 858 g/mol. The molecule has 3 saturated heterocycles. The van der Waals surface area contributed by atoms with E-state index in [0.29, 0.717) is 24.0 Å². The van der Waals surface area contributed by atoms with Crippen LogP contribution in [-0.2, 0) is 51.2 Å². The summed E-state index contributed by atoms with van der Waals surface area (Å²) in [5.74, 6) is -6.04. The lowest BCUT2D eigenvalue weighted by Crippen LogP contribution is -2.63. The zero-order valence-electron chi connectivity index (χ0n) is 34.9. The zero-order valence-corrected chi connectivity index (χ0v) is 34.9. The van der Waals surface area contributed by atoms with Crippen molar-refractivity contribution in [2.45, 2.75) is 114 Å². The second kappa shape index (κ2) is 20.0. The van der Waals surface area contributed by atoms with Gasteiger partial charge in [-0.15, -0.1) is 0 Å². The number of aromatic nitrogens is 1. The molecule has 3 aromatic rings. The van der Waals surface area contributed by atoms with E-state index in [0.717, 1.165) is 10.9 Å². The number of carbonyl (C=O) groups excluding carboxylic acids is 8. The number of carbonyl (C=O) groups is 8. The number of para-hydroxylation sites is 1. The molecule has 8 amide bonds. The van der Waals surface area contributed by atoms with Crippen molar-refractivity contribution in [2.24, 2.45) is 0 Å². The highest BCUT2D eigenvalue weighted by Gasteiger charge is 2.43. The monoisotopic (exact) mass is 857 g/mol. The van der Waals surface area contributed by atoms with E-state index < -0.39 is 108 Å². The average Bonchev–Trinajstić information content (AvgIpc) is 4.03. The highest BCUT2D eigenvalue weighted by Crippen LogP contribution is 2.25. The summed E-state index contributed by atoms with van der Waals surface area (Å²) in [6.45, 7) is 3.58. The number of H-pyrrole nitrogens is 1. The number of aromatic amines is 1. The smallest absolute Gasteiger partial charge is 0.248 e. The first-order chi connectivity index (χ1) is 29.6. The molecule has 0 saturated carbocycles. The summed E-state index contributed by atoms with van der Waals surface area (Å²) in [6, 6.07) is 6.98. The molecule has 3 fully saturated rings. The number of rotatable bonds is 6. The van der Waals surface area contributed by atoms with E-state index in [1.807, 2.05) is 24.3 Å². The lowest BCUT2D eigenvalue weighted by molar-refractivity contribution is -0.146. The summed E-state index contributed by atoms with van der Waals surface area (Å²) in [7, 11) is 0. The van der Waals surface area contributed by atoms with Crippen LogP contribution in [0, 0.1) is 0 Å². The standard InChI is InChI=1S/C43H55N9O10/c1-23-37(56)45-22-34(55)47-30(19-26-11-5-4-6-12-26)38(57)49-35(24(2)53)41(60)50-36(25(3)54)43(62)52-18-10-16-33(52)40(59)48-31(20-27-21-44-29-14-8-7-13-28(27)29)42(61)51-17-9-15-32(51)39(58)46-23/h4-8,11-14,21,23-25,30-33,35-36,44,53-54H,9-10,15-20,22H2,1-3H3,(H,45,56)(H,46,58)(H,47,55)(H,48,59)(H,49,57)(H,50,60). The highest BCUT2D eigenvalue weighted by atomic mass is 16.3. The minimum absolute atomic E-state index is 0.0198. The fourth-order valence-electron chi connectivity index (χ4n) is 8.26. The van der Waals surface area contributed by atoms with Crippen molar-refractivity contribution in [3.8, 4) is 0 Å². The van der Waals surface area contributed by atoms with Crippen LogP contribution in [0.3, 0.4) is 0 Å². The molecule has 6 rings (SSSR count). The summed E-state index contributed by atoms with van der Waals surface area (Å²) in [4.78, 5) is 117. The molecule has 9 atom stereocenters. The molecule has 4 heterocycles. The quantitative estimate of drug-likeness (QED) is 0.135. The molecule has 9 unspecified atom stereocenters. The number of benzene rings is 2. The third-order valence-electron chi connectivity index (χ3n) is 11.6. The van der Waals surface area contributed by atoms with Gasteiger partial charge in [-0.2, -0.15) is 0 Å². The van der Waals surface area contributed by atoms with Gasteiger partial charge in [-0.25, -0.2) is 0 Å². The van der Waals surface area contributed by atoms with Crippen LogP contribution >= 0.6 is 0 Å². The Balaban J connectivity index is 1.32. The second-order valence-corrected chi connectivity index (χ2v) is 16.2. The molecule has 332 valence electrons. The number of nitrogens with zero attached hydrogens (tertiary/aromatic N) is 2. The summed E-state index contributed by atoms with van der Waals surface area (Å²) in [5.41, 5.74) is 2.15. The van der Waals surface area contributed by atoms with Crippen molar-refractivity contribution in [2.75, 3.05) is 19.6 Å². The molecule has 19 heteroatoms. The first kappa shape index (κ1) is 45.2. The van der Waals surface area contributed by atoms with Crippen molar-refractivity contribution in [3.63, 3.8) is 0 Å².